The van der Waals surface area contributed by atoms with Crippen molar-refractivity contribution in [1.29, 1.82) is 0 Å². The fraction of sp³-hybridized carbons (Fsp3) is 0.190. The fourth-order valence-electron chi connectivity index (χ4n) is 3.36. The number of amides is 1. The summed E-state index contributed by atoms with van der Waals surface area (Å²) >= 11 is 7.45. The molecule has 3 aromatic carbocycles. The molecule has 0 fully saturated rings. The Hall–Kier alpha value is -1.97. The van der Waals surface area contributed by atoms with Gasteiger partial charge in [-0.3, -0.25) is 4.79 Å². The molecule has 0 aliphatic heterocycles. The van der Waals surface area contributed by atoms with Gasteiger partial charge in [-0.25, -0.2) is 0 Å². The van der Waals surface area contributed by atoms with E-state index in [0.29, 0.717) is 5.02 Å². The van der Waals surface area contributed by atoms with E-state index in [9.17, 15) is 4.79 Å². The van der Waals surface area contributed by atoms with Crippen molar-refractivity contribution in [3.05, 3.63) is 70.7 Å². The van der Waals surface area contributed by atoms with Gasteiger partial charge >= 0.3 is 0 Å². The van der Waals surface area contributed by atoms with Crippen molar-refractivity contribution in [2.24, 2.45) is 0 Å². The van der Waals surface area contributed by atoms with E-state index in [4.69, 9.17) is 11.6 Å². The number of halogens is 1. The van der Waals surface area contributed by atoms with Crippen LogP contribution in [0.2, 0.25) is 5.02 Å². The van der Waals surface area contributed by atoms with Crippen molar-refractivity contribution in [2.45, 2.75) is 29.9 Å². The summed E-state index contributed by atoms with van der Waals surface area (Å²) in [5, 5.41) is 6.09. The van der Waals surface area contributed by atoms with Crippen LogP contribution >= 0.6 is 23.4 Å². The van der Waals surface area contributed by atoms with Gasteiger partial charge in [-0.2, -0.15) is 0 Å². The Balaban J connectivity index is 1.55. The average Bonchev–Trinajstić information content (AvgIpc) is 3.04. The summed E-state index contributed by atoms with van der Waals surface area (Å²) in [4.78, 5) is 13.7. The monoisotopic (exact) mass is 367 g/mol. The van der Waals surface area contributed by atoms with Crippen molar-refractivity contribution in [1.82, 2.24) is 0 Å². The minimum absolute atomic E-state index is 0.0126. The highest BCUT2D eigenvalue weighted by molar-refractivity contribution is 8.00. The lowest BCUT2D eigenvalue weighted by Gasteiger charge is -2.14. The minimum atomic E-state index is -0.191. The van der Waals surface area contributed by atoms with Crippen LogP contribution in [0, 0.1) is 0 Å². The molecule has 1 aliphatic rings. The molecule has 0 saturated heterocycles. The molecule has 1 amide bonds. The zero-order valence-corrected chi connectivity index (χ0v) is 15.5. The van der Waals surface area contributed by atoms with Gasteiger partial charge in [0.05, 0.1) is 5.25 Å². The van der Waals surface area contributed by atoms with E-state index in [2.05, 4.69) is 29.6 Å². The van der Waals surface area contributed by atoms with Crippen LogP contribution in [0.3, 0.4) is 0 Å². The Morgan fingerprint density at radius 1 is 1.04 bits per heavy atom. The first-order valence-electron chi connectivity index (χ1n) is 8.38. The number of hydrogen-bond donors (Lipinski definition) is 1. The van der Waals surface area contributed by atoms with E-state index in [1.165, 1.54) is 28.3 Å². The van der Waals surface area contributed by atoms with Gasteiger partial charge in [0.1, 0.15) is 0 Å². The van der Waals surface area contributed by atoms with E-state index in [1.54, 1.807) is 0 Å². The predicted molar refractivity (Wildman–Crippen MR) is 107 cm³/mol. The third-order valence-electron chi connectivity index (χ3n) is 4.63. The highest BCUT2D eigenvalue weighted by atomic mass is 35.5. The summed E-state index contributed by atoms with van der Waals surface area (Å²) in [5.74, 6) is 0.0126. The Labute approximate surface area is 156 Å². The van der Waals surface area contributed by atoms with Crippen molar-refractivity contribution in [2.75, 3.05) is 5.32 Å². The summed E-state index contributed by atoms with van der Waals surface area (Å²) in [7, 11) is 0. The number of thioether (sulfide) groups is 1. The number of carbonyl (C=O) groups excluding carboxylic acids is 1. The van der Waals surface area contributed by atoms with E-state index >= 15 is 0 Å². The number of nitrogens with one attached hydrogen (secondary N) is 1. The molecule has 1 atom stereocenters. The van der Waals surface area contributed by atoms with E-state index in [1.807, 2.05) is 37.3 Å². The Bertz CT molecular complexity index is 942. The molecule has 0 bridgehead atoms. The highest BCUT2D eigenvalue weighted by Gasteiger charge is 2.19. The van der Waals surface area contributed by atoms with Gasteiger partial charge in [-0.05, 0) is 66.6 Å². The second-order valence-electron chi connectivity index (χ2n) is 6.32. The molecule has 0 aromatic heterocycles. The van der Waals surface area contributed by atoms with Crippen LogP contribution in [-0.4, -0.2) is 11.2 Å². The summed E-state index contributed by atoms with van der Waals surface area (Å²) < 4.78 is 0. The Morgan fingerprint density at radius 3 is 2.52 bits per heavy atom. The van der Waals surface area contributed by atoms with E-state index in [-0.39, 0.29) is 11.2 Å². The van der Waals surface area contributed by atoms with Gasteiger partial charge in [-0.1, -0.05) is 35.9 Å². The molecule has 126 valence electrons. The summed E-state index contributed by atoms with van der Waals surface area (Å²) in [6, 6.07) is 18.1. The molecule has 1 unspecified atom stereocenters. The molecule has 25 heavy (non-hydrogen) atoms. The van der Waals surface area contributed by atoms with Crippen LogP contribution < -0.4 is 5.32 Å². The SMILES string of the molecule is CC(Sc1ccc(Cl)cc1)C(=O)Nc1ccc2c3c(cccc13)CC2. The highest BCUT2D eigenvalue weighted by Crippen LogP contribution is 2.35. The maximum absolute atomic E-state index is 12.7. The Morgan fingerprint density at radius 2 is 1.76 bits per heavy atom. The zero-order chi connectivity index (χ0) is 17.4. The molecule has 1 N–H and O–H groups in total. The van der Waals surface area contributed by atoms with Crippen LogP contribution in [0.15, 0.2) is 59.5 Å². The molecular formula is C21H18ClNOS. The molecule has 3 aromatic rings. The summed E-state index contributed by atoms with van der Waals surface area (Å²) in [6.45, 7) is 1.93. The van der Waals surface area contributed by atoms with Crippen molar-refractivity contribution in [3.63, 3.8) is 0 Å². The number of hydrogen-bond acceptors (Lipinski definition) is 2. The van der Waals surface area contributed by atoms with Gasteiger partial charge in [0, 0.05) is 21.0 Å². The third-order valence-corrected chi connectivity index (χ3v) is 5.99. The standard InChI is InChI=1S/C21H18ClNOS/c1-13(25-17-10-8-16(22)9-11-17)21(24)23-19-12-7-15-6-5-14-3-2-4-18(19)20(14)15/h2-4,7-13H,5-6H2,1H3,(H,23,24). The quantitative estimate of drug-likeness (QED) is 0.598. The second kappa shape index (κ2) is 6.74. The lowest BCUT2D eigenvalue weighted by molar-refractivity contribution is -0.115. The first kappa shape index (κ1) is 16.5. The lowest BCUT2D eigenvalue weighted by Crippen LogP contribution is -2.22. The van der Waals surface area contributed by atoms with Crippen LogP contribution in [0.25, 0.3) is 10.8 Å². The first-order valence-corrected chi connectivity index (χ1v) is 9.64. The van der Waals surface area contributed by atoms with E-state index in [0.717, 1.165) is 28.8 Å². The van der Waals surface area contributed by atoms with Gasteiger partial charge in [0.2, 0.25) is 5.91 Å². The van der Waals surface area contributed by atoms with Crippen LogP contribution in [-0.2, 0) is 17.6 Å². The number of benzene rings is 3. The lowest BCUT2D eigenvalue weighted by atomic mass is 10.0. The third kappa shape index (κ3) is 3.26. The van der Waals surface area contributed by atoms with Crippen molar-refractivity contribution < 1.29 is 4.79 Å². The molecule has 4 heteroatoms. The summed E-state index contributed by atoms with van der Waals surface area (Å²) in [5.41, 5.74) is 3.66. The van der Waals surface area contributed by atoms with Crippen LogP contribution in [0.5, 0.6) is 0 Å². The van der Waals surface area contributed by atoms with Crippen molar-refractivity contribution in [3.8, 4) is 0 Å². The minimum Gasteiger partial charge on any atom is -0.325 e. The van der Waals surface area contributed by atoms with E-state index < -0.39 is 0 Å². The number of rotatable bonds is 4. The molecular weight excluding hydrogens is 350 g/mol. The number of aryl methyl sites for hydroxylation is 2. The summed E-state index contributed by atoms with van der Waals surface area (Å²) in [6.07, 6.45) is 2.18. The first-order chi connectivity index (χ1) is 12.1. The Kier molecular flexibility index (Phi) is 4.45. The van der Waals surface area contributed by atoms with Gasteiger partial charge in [0.15, 0.2) is 0 Å². The molecule has 0 radical (unpaired) electrons. The second-order valence-corrected chi connectivity index (χ2v) is 8.17. The largest absolute Gasteiger partial charge is 0.325 e. The maximum atomic E-state index is 12.7. The van der Waals surface area contributed by atoms with Gasteiger partial charge in [0.25, 0.3) is 0 Å². The van der Waals surface area contributed by atoms with Crippen molar-refractivity contribution >= 4 is 45.7 Å². The van der Waals surface area contributed by atoms with Gasteiger partial charge in [-0.15, -0.1) is 11.8 Å². The average molecular weight is 368 g/mol. The molecule has 1 aliphatic carbocycles. The predicted octanol–water partition coefficient (Wildman–Crippen LogP) is 5.71. The number of anilines is 1. The molecule has 4 rings (SSSR count). The maximum Gasteiger partial charge on any atom is 0.237 e. The normalized spacial score (nSPS) is 13.8. The number of carbonyl (C=O) groups is 1. The molecule has 0 heterocycles. The van der Waals surface area contributed by atoms with Crippen LogP contribution in [0.4, 0.5) is 5.69 Å². The molecule has 0 saturated carbocycles. The van der Waals surface area contributed by atoms with Gasteiger partial charge < -0.3 is 5.32 Å². The smallest absolute Gasteiger partial charge is 0.237 e. The fourth-order valence-corrected chi connectivity index (χ4v) is 4.35. The molecule has 2 nitrogen and oxygen atoms in total. The zero-order valence-electron chi connectivity index (χ0n) is 13.9. The molecule has 0 spiro atoms. The topological polar surface area (TPSA) is 29.1 Å². The van der Waals surface area contributed by atoms with Crippen LogP contribution in [0.1, 0.15) is 18.1 Å².